The molecule has 0 unspecified atom stereocenters. The second kappa shape index (κ2) is 9.03. The number of hydrogen-bond donors (Lipinski definition) is 2. The largest absolute Gasteiger partial charge is 0.352 e. The molecule has 0 atom stereocenters. The fourth-order valence-corrected chi connectivity index (χ4v) is 5.21. The van der Waals surface area contributed by atoms with Crippen LogP contribution in [0.5, 0.6) is 0 Å². The third kappa shape index (κ3) is 5.18. The van der Waals surface area contributed by atoms with Gasteiger partial charge in [-0.05, 0) is 56.2 Å². The van der Waals surface area contributed by atoms with Gasteiger partial charge in [0.05, 0.1) is 16.7 Å². The Kier molecular flexibility index (Phi) is 6.34. The van der Waals surface area contributed by atoms with Gasteiger partial charge in [-0.2, -0.15) is 5.10 Å². The van der Waals surface area contributed by atoms with Crippen LogP contribution in [0.25, 0.3) is 0 Å². The first-order valence-corrected chi connectivity index (χ1v) is 12.4. The van der Waals surface area contributed by atoms with Crippen molar-refractivity contribution in [2.45, 2.75) is 43.5 Å². The molecule has 2 N–H and O–H groups in total. The van der Waals surface area contributed by atoms with Crippen molar-refractivity contribution >= 4 is 21.8 Å². The molecule has 2 fully saturated rings. The normalized spacial score (nSPS) is 17.4. The zero-order valence-electron chi connectivity index (χ0n) is 18.4. The number of carbonyl (C=O) groups is 2. The standard InChI is InChI=1S/C22H29N5O4S/c1-15-3-6-19(32(30,31)25-18-4-5-18)11-20(15)22(29)27-9-7-16(8-10-27)12-23-21(28)17-13-24-26(2)14-17/h3,6,11,13-14,16,18,25H,4-5,7-10,12H2,1-2H3,(H,23,28). The minimum absolute atomic E-state index is 0.0122. The lowest BCUT2D eigenvalue weighted by Crippen LogP contribution is -2.41. The van der Waals surface area contributed by atoms with Gasteiger partial charge < -0.3 is 10.2 Å². The molecule has 1 saturated carbocycles. The number of likely N-dealkylation sites (tertiary alicyclic amines) is 1. The number of rotatable bonds is 7. The van der Waals surface area contributed by atoms with Gasteiger partial charge >= 0.3 is 0 Å². The maximum absolute atomic E-state index is 13.1. The summed E-state index contributed by atoms with van der Waals surface area (Å²) in [7, 11) is -1.85. The number of nitrogens with zero attached hydrogens (tertiary/aromatic N) is 3. The van der Waals surface area contributed by atoms with Crippen LogP contribution in [0.15, 0.2) is 35.5 Å². The lowest BCUT2D eigenvalue weighted by atomic mass is 9.95. The predicted molar refractivity (Wildman–Crippen MR) is 119 cm³/mol. The fourth-order valence-electron chi connectivity index (χ4n) is 3.88. The molecule has 0 bridgehead atoms. The number of carbonyl (C=O) groups excluding carboxylic acids is 2. The molecule has 0 radical (unpaired) electrons. The van der Waals surface area contributed by atoms with E-state index in [-0.39, 0.29) is 28.7 Å². The highest BCUT2D eigenvalue weighted by molar-refractivity contribution is 7.89. The van der Waals surface area contributed by atoms with E-state index in [1.54, 1.807) is 35.0 Å². The minimum atomic E-state index is -3.61. The summed E-state index contributed by atoms with van der Waals surface area (Å²) in [6.45, 7) is 3.51. The number of aryl methyl sites for hydroxylation is 2. The van der Waals surface area contributed by atoms with Gasteiger partial charge in [0.1, 0.15) is 0 Å². The summed E-state index contributed by atoms with van der Waals surface area (Å²) < 4.78 is 29.3. The third-order valence-corrected chi connectivity index (χ3v) is 7.59. The summed E-state index contributed by atoms with van der Waals surface area (Å²) in [5.41, 5.74) is 1.71. The lowest BCUT2D eigenvalue weighted by molar-refractivity contribution is 0.0683. The lowest BCUT2D eigenvalue weighted by Gasteiger charge is -2.32. The number of aromatic nitrogens is 2. The summed E-state index contributed by atoms with van der Waals surface area (Å²) in [6, 6.07) is 4.74. The number of nitrogens with one attached hydrogen (secondary N) is 2. The molecule has 1 saturated heterocycles. The van der Waals surface area contributed by atoms with Gasteiger partial charge in [0.25, 0.3) is 11.8 Å². The quantitative estimate of drug-likeness (QED) is 0.651. The first kappa shape index (κ1) is 22.5. The topological polar surface area (TPSA) is 113 Å². The van der Waals surface area contributed by atoms with Gasteiger partial charge in [0, 0.05) is 44.5 Å². The first-order valence-electron chi connectivity index (χ1n) is 10.9. The van der Waals surface area contributed by atoms with Crippen LogP contribution < -0.4 is 10.0 Å². The molecule has 32 heavy (non-hydrogen) atoms. The molecule has 1 aromatic heterocycles. The maximum atomic E-state index is 13.1. The van der Waals surface area contributed by atoms with E-state index in [2.05, 4.69) is 15.1 Å². The van der Waals surface area contributed by atoms with Crippen LogP contribution in [0, 0.1) is 12.8 Å². The van der Waals surface area contributed by atoms with Crippen molar-refractivity contribution in [2.75, 3.05) is 19.6 Å². The minimum Gasteiger partial charge on any atom is -0.352 e. The zero-order valence-corrected chi connectivity index (χ0v) is 19.2. The fraction of sp³-hybridized carbons (Fsp3) is 0.500. The maximum Gasteiger partial charge on any atom is 0.254 e. The Hall–Kier alpha value is -2.72. The molecule has 2 aromatic rings. The van der Waals surface area contributed by atoms with Crippen LogP contribution in [-0.4, -0.2) is 60.6 Å². The van der Waals surface area contributed by atoms with Gasteiger partial charge in [-0.15, -0.1) is 0 Å². The van der Waals surface area contributed by atoms with E-state index in [4.69, 9.17) is 0 Å². The van der Waals surface area contributed by atoms with E-state index in [9.17, 15) is 18.0 Å². The van der Waals surface area contributed by atoms with Crippen LogP contribution in [0.4, 0.5) is 0 Å². The molecule has 2 amide bonds. The highest BCUT2D eigenvalue weighted by Gasteiger charge is 2.30. The van der Waals surface area contributed by atoms with Gasteiger partial charge in [0.2, 0.25) is 10.0 Å². The summed E-state index contributed by atoms with van der Waals surface area (Å²) in [4.78, 5) is 27.2. The van der Waals surface area contributed by atoms with E-state index in [0.717, 1.165) is 31.2 Å². The predicted octanol–water partition coefficient (Wildman–Crippen LogP) is 1.45. The van der Waals surface area contributed by atoms with Crippen molar-refractivity contribution in [1.29, 1.82) is 0 Å². The Morgan fingerprint density at radius 2 is 1.88 bits per heavy atom. The zero-order chi connectivity index (χ0) is 22.9. The van der Waals surface area contributed by atoms with E-state index in [1.165, 1.54) is 12.3 Å². The Morgan fingerprint density at radius 1 is 1.16 bits per heavy atom. The van der Waals surface area contributed by atoms with Crippen LogP contribution in [0.2, 0.25) is 0 Å². The van der Waals surface area contributed by atoms with E-state index < -0.39 is 10.0 Å². The summed E-state index contributed by atoms with van der Waals surface area (Å²) >= 11 is 0. The Labute approximate surface area is 188 Å². The van der Waals surface area contributed by atoms with Gasteiger partial charge in [-0.3, -0.25) is 14.3 Å². The number of piperidine rings is 1. The van der Waals surface area contributed by atoms with Crippen molar-refractivity contribution < 1.29 is 18.0 Å². The summed E-state index contributed by atoms with van der Waals surface area (Å²) in [5.74, 6) is -0.0101. The van der Waals surface area contributed by atoms with Crippen molar-refractivity contribution in [3.63, 3.8) is 0 Å². The molecule has 172 valence electrons. The molecular weight excluding hydrogens is 430 g/mol. The van der Waals surface area contributed by atoms with E-state index in [0.29, 0.717) is 30.8 Å². The molecule has 2 aliphatic rings. The highest BCUT2D eigenvalue weighted by Crippen LogP contribution is 2.25. The second-order valence-corrected chi connectivity index (χ2v) is 10.4. The molecule has 4 rings (SSSR count). The number of hydrogen-bond acceptors (Lipinski definition) is 5. The number of sulfonamides is 1. The third-order valence-electron chi connectivity index (χ3n) is 6.07. The summed E-state index contributed by atoms with van der Waals surface area (Å²) in [6.07, 6.45) is 6.47. The van der Waals surface area contributed by atoms with Crippen molar-refractivity contribution in [3.8, 4) is 0 Å². The number of amides is 2. The van der Waals surface area contributed by atoms with E-state index in [1.807, 2.05) is 6.92 Å². The molecule has 2 heterocycles. The second-order valence-electron chi connectivity index (χ2n) is 8.72. The smallest absolute Gasteiger partial charge is 0.254 e. The highest BCUT2D eigenvalue weighted by atomic mass is 32.2. The van der Waals surface area contributed by atoms with Crippen LogP contribution in [0.1, 0.15) is 52.0 Å². The molecular formula is C22H29N5O4S. The molecule has 1 aromatic carbocycles. The van der Waals surface area contributed by atoms with Crippen LogP contribution >= 0.6 is 0 Å². The summed E-state index contributed by atoms with van der Waals surface area (Å²) in [5, 5.41) is 6.95. The average Bonchev–Trinajstić information content (AvgIpc) is 3.47. The molecule has 1 aliphatic carbocycles. The van der Waals surface area contributed by atoms with Gasteiger partial charge in [-0.25, -0.2) is 13.1 Å². The van der Waals surface area contributed by atoms with Crippen molar-refractivity contribution in [2.24, 2.45) is 13.0 Å². The molecule has 0 spiro atoms. The Morgan fingerprint density at radius 3 is 2.50 bits per heavy atom. The average molecular weight is 460 g/mol. The van der Waals surface area contributed by atoms with Crippen LogP contribution in [0.3, 0.4) is 0 Å². The Bertz CT molecular complexity index is 1120. The van der Waals surface area contributed by atoms with Gasteiger partial charge in [0.15, 0.2) is 0 Å². The first-order chi connectivity index (χ1) is 15.2. The molecule has 9 nitrogen and oxygen atoms in total. The Balaban J connectivity index is 1.34. The molecule has 1 aliphatic heterocycles. The number of benzene rings is 1. The van der Waals surface area contributed by atoms with Crippen molar-refractivity contribution in [1.82, 2.24) is 24.7 Å². The monoisotopic (exact) mass is 459 g/mol. The van der Waals surface area contributed by atoms with Crippen LogP contribution in [-0.2, 0) is 17.1 Å². The van der Waals surface area contributed by atoms with E-state index >= 15 is 0 Å². The SMILES string of the molecule is Cc1ccc(S(=O)(=O)NC2CC2)cc1C(=O)N1CCC(CNC(=O)c2cnn(C)c2)CC1. The van der Waals surface area contributed by atoms with Gasteiger partial charge in [-0.1, -0.05) is 6.07 Å². The molecule has 10 heteroatoms. The van der Waals surface area contributed by atoms with Crippen molar-refractivity contribution in [3.05, 3.63) is 47.3 Å².